The lowest BCUT2D eigenvalue weighted by atomic mass is 10.1. The molecule has 0 bridgehead atoms. The number of rotatable bonds is 7. The van der Waals surface area contributed by atoms with E-state index in [0.29, 0.717) is 23.6 Å². The normalized spacial score (nSPS) is 13.8. The summed E-state index contributed by atoms with van der Waals surface area (Å²) in [4.78, 5) is 12.9. The third kappa shape index (κ3) is 4.39. The molecule has 1 N–H and O–H groups in total. The summed E-state index contributed by atoms with van der Waals surface area (Å²) < 4.78 is 36.7. The first-order chi connectivity index (χ1) is 13.3. The fourth-order valence-electron chi connectivity index (χ4n) is 3.18. The second-order valence-electron chi connectivity index (χ2n) is 6.73. The largest absolute Gasteiger partial charge is 0.454 e. The molecule has 150 valence electrons. The maximum Gasteiger partial charge on any atom is 0.244 e. The van der Waals surface area contributed by atoms with Crippen LogP contribution in [-0.2, 0) is 21.4 Å². The second kappa shape index (κ2) is 8.10. The Balaban J connectivity index is 1.78. The molecule has 0 unspecified atom stereocenters. The first-order valence-corrected chi connectivity index (χ1v) is 10.9. The summed E-state index contributed by atoms with van der Waals surface area (Å²) >= 11 is 0. The zero-order chi connectivity index (χ0) is 20.3. The number of nitrogens with zero attached hydrogens (tertiary/aromatic N) is 1. The molecule has 2 aromatic rings. The van der Waals surface area contributed by atoms with Crippen LogP contribution in [0.5, 0.6) is 11.5 Å². The fraction of sp³-hybridized carbons (Fsp3) is 0.350. The van der Waals surface area contributed by atoms with Crippen LogP contribution >= 0.6 is 0 Å². The van der Waals surface area contributed by atoms with E-state index >= 15 is 0 Å². The van der Waals surface area contributed by atoms with Crippen LogP contribution in [0.1, 0.15) is 24.5 Å². The summed E-state index contributed by atoms with van der Waals surface area (Å²) in [6.45, 7) is 4.11. The highest BCUT2D eigenvalue weighted by molar-refractivity contribution is 7.92. The van der Waals surface area contributed by atoms with E-state index in [1.807, 2.05) is 19.1 Å². The van der Waals surface area contributed by atoms with Gasteiger partial charge in [-0.3, -0.25) is 9.10 Å². The van der Waals surface area contributed by atoms with E-state index in [1.165, 1.54) is 4.31 Å². The van der Waals surface area contributed by atoms with Gasteiger partial charge in [-0.05, 0) is 48.7 Å². The highest BCUT2D eigenvalue weighted by Gasteiger charge is 2.31. The van der Waals surface area contributed by atoms with Crippen LogP contribution in [0.25, 0.3) is 0 Å². The number of ether oxygens (including phenoxy) is 2. The maximum atomic E-state index is 12.9. The van der Waals surface area contributed by atoms with Crippen molar-refractivity contribution in [2.45, 2.75) is 32.9 Å². The van der Waals surface area contributed by atoms with E-state index in [2.05, 4.69) is 5.32 Å². The van der Waals surface area contributed by atoms with Gasteiger partial charge in [0, 0.05) is 6.54 Å². The molecule has 0 aromatic heterocycles. The van der Waals surface area contributed by atoms with Gasteiger partial charge in [-0.2, -0.15) is 0 Å². The predicted molar refractivity (Wildman–Crippen MR) is 107 cm³/mol. The van der Waals surface area contributed by atoms with Gasteiger partial charge in [0.25, 0.3) is 0 Å². The SMILES string of the molecule is CC[C@@H](C(=O)NCc1ccc2c(c1)OCO2)N(c1cccc(C)c1)S(C)(=O)=O. The van der Waals surface area contributed by atoms with E-state index in [0.717, 1.165) is 17.4 Å². The number of hydrogen-bond acceptors (Lipinski definition) is 5. The Labute approximate surface area is 165 Å². The Morgan fingerprint density at radius 3 is 2.61 bits per heavy atom. The van der Waals surface area contributed by atoms with Gasteiger partial charge >= 0.3 is 0 Å². The smallest absolute Gasteiger partial charge is 0.244 e. The predicted octanol–water partition coefficient (Wildman–Crippen LogP) is 2.58. The van der Waals surface area contributed by atoms with Crippen molar-refractivity contribution < 1.29 is 22.7 Å². The Morgan fingerprint density at radius 1 is 1.18 bits per heavy atom. The Hall–Kier alpha value is -2.74. The summed E-state index contributed by atoms with van der Waals surface area (Å²) in [5.74, 6) is 0.952. The molecule has 0 fully saturated rings. The number of fused-ring (bicyclic) bond motifs is 1. The van der Waals surface area contributed by atoms with Crippen LogP contribution in [0.2, 0.25) is 0 Å². The summed E-state index contributed by atoms with van der Waals surface area (Å²) in [7, 11) is -3.65. The van der Waals surface area contributed by atoms with Crippen molar-refractivity contribution in [2.24, 2.45) is 0 Å². The zero-order valence-electron chi connectivity index (χ0n) is 16.1. The fourth-order valence-corrected chi connectivity index (χ4v) is 4.39. The Kier molecular flexibility index (Phi) is 5.79. The summed E-state index contributed by atoms with van der Waals surface area (Å²) in [6.07, 6.45) is 1.46. The zero-order valence-corrected chi connectivity index (χ0v) is 17.0. The average molecular weight is 404 g/mol. The van der Waals surface area contributed by atoms with Crippen molar-refractivity contribution in [3.63, 3.8) is 0 Å². The molecule has 0 saturated carbocycles. The molecule has 2 aromatic carbocycles. The van der Waals surface area contributed by atoms with Gasteiger partial charge in [-0.25, -0.2) is 8.42 Å². The van der Waals surface area contributed by atoms with E-state index < -0.39 is 16.1 Å². The number of nitrogens with one attached hydrogen (secondary N) is 1. The van der Waals surface area contributed by atoms with E-state index in [9.17, 15) is 13.2 Å². The molecule has 0 spiro atoms. The van der Waals surface area contributed by atoms with Gasteiger partial charge in [0.1, 0.15) is 6.04 Å². The molecule has 28 heavy (non-hydrogen) atoms. The maximum absolute atomic E-state index is 12.9. The number of sulfonamides is 1. The number of benzene rings is 2. The molecule has 0 radical (unpaired) electrons. The van der Waals surface area contributed by atoms with Crippen LogP contribution in [-0.4, -0.2) is 33.4 Å². The van der Waals surface area contributed by atoms with Gasteiger partial charge < -0.3 is 14.8 Å². The number of aryl methyl sites for hydroxylation is 1. The molecule has 1 aliphatic heterocycles. The lowest BCUT2D eigenvalue weighted by molar-refractivity contribution is -0.122. The van der Waals surface area contributed by atoms with E-state index in [4.69, 9.17) is 9.47 Å². The topological polar surface area (TPSA) is 84.9 Å². The van der Waals surface area contributed by atoms with Crippen molar-refractivity contribution in [3.8, 4) is 11.5 Å². The van der Waals surface area contributed by atoms with Crippen molar-refractivity contribution in [1.82, 2.24) is 5.32 Å². The van der Waals surface area contributed by atoms with Gasteiger partial charge in [0.2, 0.25) is 22.7 Å². The minimum atomic E-state index is -3.65. The number of anilines is 1. The third-order valence-corrected chi connectivity index (χ3v) is 5.67. The number of hydrogen-bond donors (Lipinski definition) is 1. The van der Waals surface area contributed by atoms with E-state index in [1.54, 1.807) is 37.3 Å². The molecule has 0 saturated heterocycles. The molecule has 1 atom stereocenters. The first kappa shape index (κ1) is 20.0. The average Bonchev–Trinajstić information content (AvgIpc) is 3.10. The molecule has 7 nitrogen and oxygen atoms in total. The standard InChI is InChI=1S/C20H24N2O5S/c1-4-17(22(28(3,24)25)16-7-5-6-14(2)10-16)20(23)21-12-15-8-9-18-19(11-15)27-13-26-18/h5-11,17H,4,12-13H2,1-3H3,(H,21,23)/t17-/m0/s1. The summed E-state index contributed by atoms with van der Waals surface area (Å²) in [5.41, 5.74) is 2.24. The number of carbonyl (C=O) groups is 1. The molecular weight excluding hydrogens is 380 g/mol. The highest BCUT2D eigenvalue weighted by Crippen LogP contribution is 2.32. The number of carbonyl (C=O) groups excluding carboxylic acids is 1. The van der Waals surface area contributed by atoms with Crippen LogP contribution in [0.4, 0.5) is 5.69 Å². The Bertz CT molecular complexity index is 974. The third-order valence-electron chi connectivity index (χ3n) is 4.49. The molecule has 1 heterocycles. The van der Waals surface area contributed by atoms with E-state index in [-0.39, 0.29) is 19.2 Å². The Morgan fingerprint density at radius 2 is 1.93 bits per heavy atom. The summed E-state index contributed by atoms with van der Waals surface area (Å²) in [6, 6.07) is 11.7. The summed E-state index contributed by atoms with van der Waals surface area (Å²) in [5, 5.41) is 2.84. The van der Waals surface area contributed by atoms with Crippen molar-refractivity contribution in [1.29, 1.82) is 0 Å². The monoisotopic (exact) mass is 404 g/mol. The molecule has 8 heteroatoms. The van der Waals surface area contributed by atoms with Crippen LogP contribution in [0, 0.1) is 6.92 Å². The lowest BCUT2D eigenvalue weighted by Crippen LogP contribution is -2.49. The highest BCUT2D eigenvalue weighted by atomic mass is 32.2. The molecule has 1 aliphatic rings. The van der Waals surface area contributed by atoms with Gasteiger partial charge in [0.05, 0.1) is 11.9 Å². The molecule has 1 amide bonds. The van der Waals surface area contributed by atoms with Gasteiger partial charge in [-0.1, -0.05) is 25.1 Å². The quantitative estimate of drug-likeness (QED) is 0.767. The van der Waals surface area contributed by atoms with Crippen molar-refractivity contribution in [2.75, 3.05) is 17.4 Å². The van der Waals surface area contributed by atoms with Crippen LogP contribution in [0.15, 0.2) is 42.5 Å². The molecular formula is C20H24N2O5S. The lowest BCUT2D eigenvalue weighted by Gasteiger charge is -2.30. The minimum absolute atomic E-state index is 0.183. The van der Waals surface area contributed by atoms with Gasteiger partial charge in [-0.15, -0.1) is 0 Å². The van der Waals surface area contributed by atoms with Crippen LogP contribution < -0.4 is 19.1 Å². The molecule has 3 rings (SSSR count). The molecule has 0 aliphatic carbocycles. The van der Waals surface area contributed by atoms with Gasteiger partial charge in [0.15, 0.2) is 11.5 Å². The first-order valence-electron chi connectivity index (χ1n) is 9.02. The number of amides is 1. The second-order valence-corrected chi connectivity index (χ2v) is 8.59. The van der Waals surface area contributed by atoms with Crippen molar-refractivity contribution >= 4 is 21.6 Å². The van der Waals surface area contributed by atoms with Crippen molar-refractivity contribution in [3.05, 3.63) is 53.6 Å². The minimum Gasteiger partial charge on any atom is -0.454 e. The van der Waals surface area contributed by atoms with Crippen LogP contribution in [0.3, 0.4) is 0 Å².